The molecule has 0 aromatic carbocycles. The molecule has 94 valence electrons. The van der Waals surface area contributed by atoms with Gasteiger partial charge in [0.2, 0.25) is 0 Å². The van der Waals surface area contributed by atoms with Crippen molar-refractivity contribution in [2.24, 2.45) is 0 Å². The Bertz CT molecular complexity index is 525. The number of nitrogens with zero attached hydrogens (tertiary/aromatic N) is 3. The normalized spacial score (nSPS) is 10.6. The van der Waals surface area contributed by atoms with E-state index in [1.807, 2.05) is 32.6 Å². The van der Waals surface area contributed by atoms with Gasteiger partial charge in [-0.2, -0.15) is 0 Å². The summed E-state index contributed by atoms with van der Waals surface area (Å²) in [5, 5.41) is 4.81. The Hall–Kier alpha value is -1.46. The number of aryl methyl sites for hydroxylation is 2. The van der Waals surface area contributed by atoms with Gasteiger partial charge in [0.05, 0.1) is 0 Å². The van der Waals surface area contributed by atoms with Crippen LogP contribution in [-0.4, -0.2) is 22.0 Å². The smallest absolute Gasteiger partial charge is 0.193 e. The fraction of sp³-hybridized carbons (Fsp3) is 0.308. The van der Waals surface area contributed by atoms with E-state index in [1.165, 1.54) is 17.3 Å². The Kier molecular flexibility index (Phi) is 4.28. The molecule has 0 aliphatic heterocycles. The zero-order valence-corrected chi connectivity index (χ0v) is 11.6. The molecule has 0 radical (unpaired) electrons. The third-order valence-corrected chi connectivity index (χ3v) is 3.43. The van der Waals surface area contributed by atoms with E-state index in [2.05, 4.69) is 33.3 Å². The van der Waals surface area contributed by atoms with Crippen molar-refractivity contribution >= 4 is 11.8 Å². The molecule has 0 fully saturated rings. The number of hydrogen-bond acceptors (Lipinski definition) is 5. The summed E-state index contributed by atoms with van der Waals surface area (Å²) in [7, 11) is 1.93. The van der Waals surface area contributed by atoms with Gasteiger partial charge in [-0.05, 0) is 49.3 Å². The van der Waals surface area contributed by atoms with Crippen LogP contribution in [0.15, 0.2) is 34.8 Å². The highest BCUT2D eigenvalue weighted by atomic mass is 32.2. The average Bonchev–Trinajstić information content (AvgIpc) is 2.36. The van der Waals surface area contributed by atoms with Crippen molar-refractivity contribution in [2.75, 3.05) is 7.05 Å². The van der Waals surface area contributed by atoms with Gasteiger partial charge in [0.1, 0.15) is 5.03 Å². The molecule has 5 heteroatoms. The summed E-state index contributed by atoms with van der Waals surface area (Å²) in [5.41, 5.74) is 3.40. The monoisotopic (exact) mass is 260 g/mol. The predicted octanol–water partition coefficient (Wildman–Crippen LogP) is 2.36. The third kappa shape index (κ3) is 3.27. The highest BCUT2D eigenvalue weighted by Crippen LogP contribution is 2.25. The number of hydrogen-bond donors (Lipinski definition) is 1. The highest BCUT2D eigenvalue weighted by molar-refractivity contribution is 7.99. The van der Waals surface area contributed by atoms with Crippen molar-refractivity contribution in [1.82, 2.24) is 20.3 Å². The maximum atomic E-state index is 4.46. The van der Waals surface area contributed by atoms with Crippen LogP contribution in [0.3, 0.4) is 0 Å². The van der Waals surface area contributed by atoms with Gasteiger partial charge in [0.25, 0.3) is 0 Å². The summed E-state index contributed by atoms with van der Waals surface area (Å²) >= 11 is 1.50. The van der Waals surface area contributed by atoms with Gasteiger partial charge in [-0.25, -0.2) is 15.0 Å². The van der Waals surface area contributed by atoms with E-state index < -0.39 is 0 Å². The summed E-state index contributed by atoms with van der Waals surface area (Å²) in [6, 6.07) is 2.14. The van der Waals surface area contributed by atoms with E-state index in [9.17, 15) is 0 Å². The zero-order valence-electron chi connectivity index (χ0n) is 10.8. The first-order chi connectivity index (χ1) is 8.69. The first-order valence-corrected chi connectivity index (χ1v) is 6.57. The van der Waals surface area contributed by atoms with Crippen LogP contribution in [0.5, 0.6) is 0 Å². The topological polar surface area (TPSA) is 50.7 Å². The van der Waals surface area contributed by atoms with Crippen molar-refractivity contribution < 1.29 is 0 Å². The lowest BCUT2D eigenvalue weighted by molar-refractivity contribution is 0.806. The van der Waals surface area contributed by atoms with Crippen LogP contribution in [0.1, 0.15) is 16.7 Å². The summed E-state index contributed by atoms with van der Waals surface area (Å²) < 4.78 is 0. The standard InChI is InChI=1S/C13H16N4S/c1-9-5-16-13(17-6-9)18-12-10(2)4-11(7-14-3)8-15-12/h4-6,8,14H,7H2,1-3H3. The molecule has 2 aromatic heterocycles. The number of pyridine rings is 1. The average molecular weight is 260 g/mol. The molecule has 0 aliphatic rings. The molecule has 0 unspecified atom stereocenters. The SMILES string of the molecule is CNCc1cnc(Sc2ncc(C)cn2)c(C)c1. The van der Waals surface area contributed by atoms with Crippen LogP contribution in [-0.2, 0) is 6.54 Å². The van der Waals surface area contributed by atoms with Crippen molar-refractivity contribution in [3.05, 3.63) is 41.3 Å². The fourth-order valence-corrected chi connectivity index (χ4v) is 2.26. The minimum atomic E-state index is 0.734. The quantitative estimate of drug-likeness (QED) is 0.855. The fourth-order valence-electron chi connectivity index (χ4n) is 1.55. The van der Waals surface area contributed by atoms with Crippen molar-refractivity contribution in [3.8, 4) is 0 Å². The molecule has 1 N–H and O–H groups in total. The van der Waals surface area contributed by atoms with E-state index >= 15 is 0 Å². The molecular weight excluding hydrogens is 244 g/mol. The Morgan fingerprint density at radius 1 is 1.11 bits per heavy atom. The molecule has 0 aliphatic carbocycles. The van der Waals surface area contributed by atoms with Crippen LogP contribution in [0.4, 0.5) is 0 Å². The Labute approximate surface area is 111 Å². The Morgan fingerprint density at radius 3 is 2.44 bits per heavy atom. The molecule has 2 aromatic rings. The van der Waals surface area contributed by atoms with Gasteiger partial charge in [-0.15, -0.1) is 0 Å². The first kappa shape index (κ1) is 13.0. The van der Waals surface area contributed by atoms with E-state index in [0.717, 1.165) is 27.9 Å². The lowest BCUT2D eigenvalue weighted by Crippen LogP contribution is -2.05. The molecule has 4 nitrogen and oxygen atoms in total. The summed E-state index contributed by atoms with van der Waals surface area (Å²) in [4.78, 5) is 13.0. The summed E-state index contributed by atoms with van der Waals surface area (Å²) in [6.45, 7) is 4.87. The van der Waals surface area contributed by atoms with Crippen molar-refractivity contribution in [1.29, 1.82) is 0 Å². The molecule has 2 heterocycles. The maximum Gasteiger partial charge on any atom is 0.193 e. The van der Waals surface area contributed by atoms with Gasteiger partial charge >= 0.3 is 0 Å². The largest absolute Gasteiger partial charge is 0.316 e. The molecular formula is C13H16N4S. The molecule has 0 atom stereocenters. The van der Waals surface area contributed by atoms with Gasteiger partial charge in [0.15, 0.2) is 5.16 Å². The molecule has 18 heavy (non-hydrogen) atoms. The van der Waals surface area contributed by atoms with Crippen LogP contribution in [0.2, 0.25) is 0 Å². The molecule has 0 amide bonds. The molecule has 0 saturated carbocycles. The van der Waals surface area contributed by atoms with Crippen LogP contribution in [0.25, 0.3) is 0 Å². The van der Waals surface area contributed by atoms with Crippen LogP contribution in [0, 0.1) is 13.8 Å². The van der Waals surface area contributed by atoms with Crippen molar-refractivity contribution in [3.63, 3.8) is 0 Å². The highest BCUT2D eigenvalue weighted by Gasteiger charge is 2.06. The van der Waals surface area contributed by atoms with Crippen LogP contribution >= 0.6 is 11.8 Å². The number of aromatic nitrogens is 3. The molecule has 0 saturated heterocycles. The minimum Gasteiger partial charge on any atom is -0.316 e. The molecule has 0 bridgehead atoms. The maximum absolute atomic E-state index is 4.46. The third-order valence-electron chi connectivity index (χ3n) is 2.41. The van der Waals surface area contributed by atoms with Gasteiger partial charge < -0.3 is 5.32 Å². The Balaban J connectivity index is 2.16. The zero-order chi connectivity index (χ0) is 13.0. The van der Waals surface area contributed by atoms with Gasteiger partial charge in [0, 0.05) is 25.1 Å². The van der Waals surface area contributed by atoms with E-state index in [4.69, 9.17) is 0 Å². The number of nitrogens with one attached hydrogen (secondary N) is 1. The molecule has 0 spiro atoms. The van der Waals surface area contributed by atoms with E-state index in [-0.39, 0.29) is 0 Å². The Morgan fingerprint density at radius 2 is 1.83 bits per heavy atom. The molecule has 2 rings (SSSR count). The first-order valence-electron chi connectivity index (χ1n) is 5.75. The second kappa shape index (κ2) is 5.93. The summed E-state index contributed by atoms with van der Waals surface area (Å²) in [6.07, 6.45) is 5.53. The van der Waals surface area contributed by atoms with Crippen molar-refractivity contribution in [2.45, 2.75) is 30.6 Å². The van der Waals surface area contributed by atoms with E-state index in [1.54, 1.807) is 0 Å². The van der Waals surface area contributed by atoms with Gasteiger partial charge in [-0.3, -0.25) is 0 Å². The van der Waals surface area contributed by atoms with Crippen LogP contribution < -0.4 is 5.32 Å². The predicted molar refractivity (Wildman–Crippen MR) is 72.6 cm³/mol. The minimum absolute atomic E-state index is 0.734. The second-order valence-electron chi connectivity index (χ2n) is 4.14. The number of rotatable bonds is 4. The van der Waals surface area contributed by atoms with Gasteiger partial charge in [-0.1, -0.05) is 6.07 Å². The lowest BCUT2D eigenvalue weighted by atomic mass is 10.2. The summed E-state index contributed by atoms with van der Waals surface area (Å²) in [5.74, 6) is 0. The van der Waals surface area contributed by atoms with E-state index in [0.29, 0.717) is 0 Å². The second-order valence-corrected chi connectivity index (χ2v) is 5.10. The lowest BCUT2D eigenvalue weighted by Gasteiger charge is -2.06.